The van der Waals surface area contributed by atoms with Crippen LogP contribution < -0.4 is 11.1 Å². The summed E-state index contributed by atoms with van der Waals surface area (Å²) >= 11 is 0. The van der Waals surface area contributed by atoms with Gasteiger partial charge in [-0.15, -0.1) is 0 Å². The Bertz CT molecular complexity index is 320. The van der Waals surface area contributed by atoms with Gasteiger partial charge < -0.3 is 11.1 Å². The number of rotatable bonds is 1. The van der Waals surface area contributed by atoms with Gasteiger partial charge in [-0.25, -0.2) is 4.79 Å². The van der Waals surface area contributed by atoms with Crippen LogP contribution in [0.2, 0.25) is 0 Å². The fourth-order valence-corrected chi connectivity index (χ4v) is 1.78. The van der Waals surface area contributed by atoms with Crippen LogP contribution in [0.5, 0.6) is 0 Å². The van der Waals surface area contributed by atoms with Crippen molar-refractivity contribution in [3.05, 3.63) is 17.5 Å². The second-order valence-electron chi connectivity index (χ2n) is 3.26. The number of nitrogens with two attached hydrogens (primary N) is 1. The van der Waals surface area contributed by atoms with E-state index in [0.717, 1.165) is 25.0 Å². The number of carbonyl (C=O) groups is 1. The predicted octanol–water partition coefficient (Wildman–Crippen LogP) is 0.455. The molecule has 2 amide bonds. The van der Waals surface area contributed by atoms with E-state index in [2.05, 4.69) is 15.5 Å². The first kappa shape index (κ1) is 8.10. The third kappa shape index (κ3) is 1.49. The first-order chi connectivity index (χ1) is 6.27. The summed E-state index contributed by atoms with van der Waals surface area (Å²) in [5, 5.41) is 9.53. The molecule has 0 spiro atoms. The summed E-state index contributed by atoms with van der Waals surface area (Å²) in [6.07, 6.45) is 4.84. The zero-order valence-electron chi connectivity index (χ0n) is 7.21. The zero-order valence-corrected chi connectivity index (χ0v) is 7.21. The Morgan fingerprint density at radius 1 is 1.77 bits per heavy atom. The maximum Gasteiger partial charge on any atom is 0.312 e. The van der Waals surface area contributed by atoms with Gasteiger partial charge in [0, 0.05) is 0 Å². The van der Waals surface area contributed by atoms with E-state index in [1.165, 1.54) is 5.56 Å². The molecule has 0 saturated heterocycles. The number of nitrogens with zero attached hydrogens (tertiary/aromatic N) is 1. The Balaban J connectivity index is 2.20. The number of aryl methyl sites for hydroxylation is 1. The summed E-state index contributed by atoms with van der Waals surface area (Å²) in [5.41, 5.74) is 7.25. The van der Waals surface area contributed by atoms with Crippen molar-refractivity contribution in [2.45, 2.75) is 25.3 Å². The monoisotopic (exact) mass is 180 g/mol. The Morgan fingerprint density at radius 2 is 2.62 bits per heavy atom. The molecular weight excluding hydrogens is 168 g/mol. The van der Waals surface area contributed by atoms with E-state index in [9.17, 15) is 4.79 Å². The standard InChI is InChI=1S/C8H12N4O/c9-8(13)11-6-3-1-2-5-4-10-12-7(5)6/h4,6H,1-3H2,(H,10,12)(H3,9,11,13). The smallest absolute Gasteiger partial charge is 0.312 e. The van der Waals surface area contributed by atoms with Gasteiger partial charge in [-0.2, -0.15) is 5.10 Å². The summed E-state index contributed by atoms with van der Waals surface area (Å²) in [6, 6.07) is -0.462. The van der Waals surface area contributed by atoms with Gasteiger partial charge in [0.05, 0.1) is 17.9 Å². The SMILES string of the molecule is NC(=O)NC1CCCc2cn[nH]c21. The third-order valence-corrected chi connectivity index (χ3v) is 2.36. The minimum atomic E-state index is -0.479. The lowest BCUT2D eigenvalue weighted by Gasteiger charge is -2.21. The number of hydrogen-bond acceptors (Lipinski definition) is 2. The lowest BCUT2D eigenvalue weighted by Crippen LogP contribution is -2.34. The van der Waals surface area contributed by atoms with Gasteiger partial charge >= 0.3 is 6.03 Å². The maximum atomic E-state index is 10.7. The number of amides is 2. The van der Waals surface area contributed by atoms with Crippen LogP contribution in [0, 0.1) is 0 Å². The van der Waals surface area contributed by atoms with Crippen molar-refractivity contribution in [1.82, 2.24) is 15.5 Å². The Morgan fingerprint density at radius 3 is 3.38 bits per heavy atom. The molecule has 0 radical (unpaired) electrons. The van der Waals surface area contributed by atoms with Crippen molar-refractivity contribution in [1.29, 1.82) is 0 Å². The minimum absolute atomic E-state index is 0.0174. The molecule has 5 nitrogen and oxygen atoms in total. The molecule has 13 heavy (non-hydrogen) atoms. The topological polar surface area (TPSA) is 83.8 Å². The van der Waals surface area contributed by atoms with Crippen molar-refractivity contribution in [3.63, 3.8) is 0 Å². The first-order valence-electron chi connectivity index (χ1n) is 4.35. The van der Waals surface area contributed by atoms with Gasteiger partial charge in [0.15, 0.2) is 0 Å². The van der Waals surface area contributed by atoms with Crippen molar-refractivity contribution >= 4 is 6.03 Å². The molecule has 1 aliphatic carbocycles. The summed E-state index contributed by atoms with van der Waals surface area (Å²) in [4.78, 5) is 10.7. The average Bonchev–Trinajstić information content (AvgIpc) is 2.51. The van der Waals surface area contributed by atoms with Crippen molar-refractivity contribution in [2.75, 3.05) is 0 Å². The second-order valence-corrected chi connectivity index (χ2v) is 3.26. The molecule has 1 heterocycles. The van der Waals surface area contributed by atoms with E-state index >= 15 is 0 Å². The third-order valence-electron chi connectivity index (χ3n) is 2.36. The molecule has 1 atom stereocenters. The summed E-state index contributed by atoms with van der Waals surface area (Å²) < 4.78 is 0. The molecule has 1 aromatic rings. The molecule has 1 aromatic heterocycles. The van der Waals surface area contributed by atoms with E-state index in [1.54, 1.807) is 0 Å². The van der Waals surface area contributed by atoms with Crippen LogP contribution in [0.1, 0.15) is 30.1 Å². The Hall–Kier alpha value is -1.52. The van der Waals surface area contributed by atoms with Gasteiger partial charge in [-0.05, 0) is 24.8 Å². The number of H-pyrrole nitrogens is 1. The van der Waals surface area contributed by atoms with E-state index < -0.39 is 6.03 Å². The number of fused-ring (bicyclic) bond motifs is 1. The lowest BCUT2D eigenvalue weighted by atomic mass is 9.94. The molecule has 2 rings (SSSR count). The van der Waals surface area contributed by atoms with Gasteiger partial charge in [0.2, 0.25) is 0 Å². The molecule has 0 bridgehead atoms. The number of carbonyl (C=O) groups excluding carboxylic acids is 1. The highest BCUT2D eigenvalue weighted by Crippen LogP contribution is 2.27. The molecule has 0 aromatic carbocycles. The van der Waals surface area contributed by atoms with E-state index in [4.69, 9.17) is 5.73 Å². The van der Waals surface area contributed by atoms with Crippen LogP contribution in [0.3, 0.4) is 0 Å². The number of primary amides is 1. The zero-order chi connectivity index (χ0) is 9.26. The first-order valence-corrected chi connectivity index (χ1v) is 4.35. The van der Waals surface area contributed by atoms with Crippen LogP contribution in [-0.4, -0.2) is 16.2 Å². The number of hydrogen-bond donors (Lipinski definition) is 3. The van der Waals surface area contributed by atoms with Gasteiger partial charge in [0.1, 0.15) is 0 Å². The summed E-state index contributed by atoms with van der Waals surface area (Å²) in [6.45, 7) is 0. The largest absolute Gasteiger partial charge is 0.352 e. The predicted molar refractivity (Wildman–Crippen MR) is 47.0 cm³/mol. The van der Waals surface area contributed by atoms with Gasteiger partial charge in [-0.3, -0.25) is 5.10 Å². The molecule has 0 fully saturated rings. The minimum Gasteiger partial charge on any atom is -0.352 e. The van der Waals surface area contributed by atoms with Crippen LogP contribution in [0.15, 0.2) is 6.20 Å². The highest BCUT2D eigenvalue weighted by molar-refractivity contribution is 5.72. The van der Waals surface area contributed by atoms with Crippen LogP contribution in [0.4, 0.5) is 4.79 Å². The van der Waals surface area contributed by atoms with Crippen molar-refractivity contribution in [3.8, 4) is 0 Å². The van der Waals surface area contributed by atoms with E-state index in [1.807, 2.05) is 6.20 Å². The van der Waals surface area contributed by atoms with Crippen molar-refractivity contribution in [2.24, 2.45) is 5.73 Å². The van der Waals surface area contributed by atoms with Gasteiger partial charge in [0.25, 0.3) is 0 Å². The molecule has 0 saturated carbocycles. The maximum absolute atomic E-state index is 10.7. The average molecular weight is 180 g/mol. The fourth-order valence-electron chi connectivity index (χ4n) is 1.78. The fraction of sp³-hybridized carbons (Fsp3) is 0.500. The molecule has 0 aliphatic heterocycles. The molecule has 1 unspecified atom stereocenters. The molecule has 5 heteroatoms. The highest BCUT2D eigenvalue weighted by Gasteiger charge is 2.22. The number of nitrogens with one attached hydrogen (secondary N) is 2. The van der Waals surface area contributed by atoms with Crippen LogP contribution in [0.25, 0.3) is 0 Å². The van der Waals surface area contributed by atoms with Crippen LogP contribution >= 0.6 is 0 Å². The number of urea groups is 1. The van der Waals surface area contributed by atoms with E-state index in [0.29, 0.717) is 0 Å². The Labute approximate surface area is 75.7 Å². The second kappa shape index (κ2) is 3.08. The van der Waals surface area contributed by atoms with Crippen molar-refractivity contribution < 1.29 is 4.79 Å². The highest BCUT2D eigenvalue weighted by atomic mass is 16.2. The lowest BCUT2D eigenvalue weighted by molar-refractivity contribution is 0.243. The summed E-state index contributed by atoms with van der Waals surface area (Å²) in [5.74, 6) is 0. The summed E-state index contributed by atoms with van der Waals surface area (Å²) in [7, 11) is 0. The molecular formula is C8H12N4O. The van der Waals surface area contributed by atoms with Crippen LogP contribution in [-0.2, 0) is 6.42 Å². The molecule has 70 valence electrons. The molecule has 1 aliphatic rings. The number of aromatic amines is 1. The van der Waals surface area contributed by atoms with E-state index in [-0.39, 0.29) is 6.04 Å². The quantitative estimate of drug-likeness (QED) is 0.586. The van der Waals surface area contributed by atoms with Gasteiger partial charge in [-0.1, -0.05) is 0 Å². The molecule has 4 N–H and O–H groups in total. The normalized spacial score (nSPS) is 20.8. The Kier molecular flexibility index (Phi) is 1.92. The number of aromatic nitrogens is 2.